The largest absolute Gasteiger partial charge is 0.383 e. The smallest absolute Gasteiger partial charge is 0.259 e. The van der Waals surface area contributed by atoms with Gasteiger partial charge in [-0.05, 0) is 23.3 Å². The molecule has 0 bridgehead atoms. The fourth-order valence-corrected chi connectivity index (χ4v) is 2.80. The van der Waals surface area contributed by atoms with E-state index in [9.17, 15) is 4.79 Å². The molecule has 0 aliphatic heterocycles. The van der Waals surface area contributed by atoms with Gasteiger partial charge in [0.05, 0.1) is 12.2 Å². The number of aromatic nitrogens is 2. The molecule has 0 aliphatic rings. The average molecular weight is 308 g/mol. The number of aryl methyl sites for hydroxylation is 1. The van der Waals surface area contributed by atoms with Crippen molar-refractivity contribution < 1.29 is 4.79 Å². The first-order valence-corrected chi connectivity index (χ1v) is 7.53. The van der Waals surface area contributed by atoms with Crippen LogP contribution in [-0.2, 0) is 7.05 Å². The summed E-state index contributed by atoms with van der Waals surface area (Å²) < 4.78 is 1.50. The van der Waals surface area contributed by atoms with Crippen molar-refractivity contribution in [3.05, 3.63) is 59.8 Å². The summed E-state index contributed by atoms with van der Waals surface area (Å²) >= 11 is 0. The molecule has 3 aromatic rings. The Balaban J connectivity index is 1.97. The predicted molar refractivity (Wildman–Crippen MR) is 92.1 cm³/mol. The van der Waals surface area contributed by atoms with Crippen LogP contribution in [0.2, 0.25) is 0 Å². The van der Waals surface area contributed by atoms with E-state index in [-0.39, 0.29) is 11.9 Å². The molecule has 5 heteroatoms. The highest BCUT2D eigenvalue weighted by atomic mass is 16.2. The van der Waals surface area contributed by atoms with Gasteiger partial charge < -0.3 is 10.6 Å². The highest BCUT2D eigenvalue weighted by molar-refractivity contribution is 5.98. The van der Waals surface area contributed by atoms with Gasteiger partial charge >= 0.3 is 0 Å². The Morgan fingerprint density at radius 1 is 1.22 bits per heavy atom. The van der Waals surface area contributed by atoms with Crippen molar-refractivity contribution in [1.29, 1.82) is 0 Å². The van der Waals surface area contributed by atoms with Gasteiger partial charge in [-0.3, -0.25) is 9.48 Å². The fourth-order valence-electron chi connectivity index (χ4n) is 2.80. The number of rotatable bonds is 3. The van der Waals surface area contributed by atoms with Gasteiger partial charge in [-0.2, -0.15) is 5.10 Å². The Hall–Kier alpha value is -2.82. The summed E-state index contributed by atoms with van der Waals surface area (Å²) in [6.07, 6.45) is 1.52. The van der Waals surface area contributed by atoms with Crippen molar-refractivity contribution in [3.63, 3.8) is 0 Å². The zero-order valence-corrected chi connectivity index (χ0v) is 13.5. The molecule has 1 atom stereocenters. The molecule has 23 heavy (non-hydrogen) atoms. The van der Waals surface area contributed by atoms with E-state index in [1.807, 2.05) is 25.1 Å². The van der Waals surface area contributed by atoms with Crippen LogP contribution in [0.4, 0.5) is 5.82 Å². The Morgan fingerprint density at radius 2 is 1.91 bits per heavy atom. The molecule has 1 aromatic heterocycles. The second-order valence-corrected chi connectivity index (χ2v) is 5.73. The van der Waals surface area contributed by atoms with E-state index < -0.39 is 0 Å². The molecule has 0 aliphatic carbocycles. The van der Waals surface area contributed by atoms with Crippen LogP contribution in [0.25, 0.3) is 10.8 Å². The van der Waals surface area contributed by atoms with Crippen molar-refractivity contribution in [2.75, 3.05) is 12.8 Å². The van der Waals surface area contributed by atoms with Crippen LogP contribution in [0.5, 0.6) is 0 Å². The minimum absolute atomic E-state index is 0.0757. The summed E-state index contributed by atoms with van der Waals surface area (Å²) in [5.74, 6) is 0.253. The van der Waals surface area contributed by atoms with Crippen LogP contribution in [-0.4, -0.2) is 27.6 Å². The number of benzene rings is 2. The number of carbonyl (C=O) groups excluding carboxylic acids is 1. The number of anilines is 1. The Labute approximate surface area is 135 Å². The number of nitrogens with zero attached hydrogens (tertiary/aromatic N) is 3. The quantitative estimate of drug-likeness (QED) is 0.809. The van der Waals surface area contributed by atoms with Gasteiger partial charge in [0.1, 0.15) is 11.4 Å². The van der Waals surface area contributed by atoms with E-state index in [2.05, 4.69) is 29.4 Å². The fraction of sp³-hybridized carbons (Fsp3) is 0.222. The summed E-state index contributed by atoms with van der Waals surface area (Å²) in [7, 11) is 3.52. The summed E-state index contributed by atoms with van der Waals surface area (Å²) in [5.41, 5.74) is 7.47. The van der Waals surface area contributed by atoms with E-state index in [1.165, 1.54) is 16.3 Å². The highest BCUT2D eigenvalue weighted by Crippen LogP contribution is 2.28. The number of hydrogen-bond donors (Lipinski definition) is 1. The van der Waals surface area contributed by atoms with Crippen molar-refractivity contribution >= 4 is 22.5 Å². The molecule has 1 heterocycles. The molecule has 5 nitrogen and oxygen atoms in total. The number of carbonyl (C=O) groups is 1. The predicted octanol–water partition coefficient (Wildman–Crippen LogP) is 2.99. The van der Waals surface area contributed by atoms with Crippen molar-refractivity contribution in [1.82, 2.24) is 14.7 Å². The van der Waals surface area contributed by atoms with Gasteiger partial charge in [-0.25, -0.2) is 0 Å². The third-order valence-corrected chi connectivity index (χ3v) is 4.39. The van der Waals surface area contributed by atoms with Crippen molar-refractivity contribution in [3.8, 4) is 0 Å². The van der Waals surface area contributed by atoms with E-state index in [4.69, 9.17) is 5.73 Å². The standard InChI is InChI=1S/C18H20N4O/c1-12(14-10-6-8-13-7-4-5-9-15(13)14)21(2)18(23)16-11-20-22(3)17(16)19/h4-12H,19H2,1-3H3/t12-/m0/s1. The molecule has 118 valence electrons. The lowest BCUT2D eigenvalue weighted by Crippen LogP contribution is -2.30. The molecule has 2 N–H and O–H groups in total. The lowest BCUT2D eigenvalue weighted by molar-refractivity contribution is 0.0744. The molecule has 0 saturated heterocycles. The molecule has 0 saturated carbocycles. The maximum atomic E-state index is 12.7. The van der Waals surface area contributed by atoms with Crippen LogP contribution in [0, 0.1) is 0 Å². The van der Waals surface area contributed by atoms with Crippen LogP contribution < -0.4 is 5.73 Å². The zero-order chi connectivity index (χ0) is 16.6. The Bertz CT molecular complexity index is 863. The maximum Gasteiger partial charge on any atom is 0.259 e. The Morgan fingerprint density at radius 3 is 2.61 bits per heavy atom. The van der Waals surface area contributed by atoms with Gasteiger partial charge in [0.25, 0.3) is 5.91 Å². The van der Waals surface area contributed by atoms with Crippen molar-refractivity contribution in [2.45, 2.75) is 13.0 Å². The van der Waals surface area contributed by atoms with Crippen molar-refractivity contribution in [2.24, 2.45) is 7.05 Å². The molecule has 0 spiro atoms. The van der Waals surface area contributed by atoms with Crippen LogP contribution in [0.15, 0.2) is 48.7 Å². The second-order valence-electron chi connectivity index (χ2n) is 5.73. The molecule has 0 radical (unpaired) electrons. The van der Waals surface area contributed by atoms with Gasteiger partial charge in [0, 0.05) is 14.1 Å². The lowest BCUT2D eigenvalue weighted by Gasteiger charge is -2.26. The first-order valence-electron chi connectivity index (χ1n) is 7.53. The molecular weight excluding hydrogens is 288 g/mol. The molecule has 0 unspecified atom stereocenters. The van der Waals surface area contributed by atoms with Gasteiger partial charge in [0.15, 0.2) is 0 Å². The topological polar surface area (TPSA) is 64.2 Å². The maximum absolute atomic E-state index is 12.7. The second kappa shape index (κ2) is 5.76. The summed E-state index contributed by atoms with van der Waals surface area (Å²) in [5, 5.41) is 6.37. The van der Waals surface area contributed by atoms with Gasteiger partial charge in [0.2, 0.25) is 0 Å². The summed E-state index contributed by atoms with van der Waals surface area (Å²) in [4.78, 5) is 14.4. The van der Waals surface area contributed by atoms with Gasteiger partial charge in [-0.15, -0.1) is 0 Å². The summed E-state index contributed by atoms with van der Waals surface area (Å²) in [6, 6.07) is 14.3. The molecule has 1 amide bonds. The van der Waals surface area contributed by atoms with Crippen LogP contribution >= 0.6 is 0 Å². The number of amides is 1. The molecular formula is C18H20N4O. The first-order chi connectivity index (χ1) is 11.0. The van der Waals surface area contributed by atoms with E-state index in [0.29, 0.717) is 11.4 Å². The first kappa shape index (κ1) is 15.1. The summed E-state index contributed by atoms with van der Waals surface area (Å²) in [6.45, 7) is 2.02. The number of nitrogens with two attached hydrogens (primary N) is 1. The molecule has 2 aromatic carbocycles. The minimum atomic E-state index is -0.129. The normalized spacial score (nSPS) is 12.3. The zero-order valence-electron chi connectivity index (χ0n) is 13.5. The SMILES string of the molecule is C[C@@H](c1cccc2ccccc12)N(C)C(=O)c1cnn(C)c1N. The Kier molecular flexibility index (Phi) is 3.78. The van der Waals surface area contributed by atoms with E-state index >= 15 is 0 Å². The highest BCUT2D eigenvalue weighted by Gasteiger charge is 2.23. The third-order valence-electron chi connectivity index (χ3n) is 4.39. The lowest BCUT2D eigenvalue weighted by atomic mass is 9.98. The van der Waals surface area contributed by atoms with Crippen LogP contribution in [0.1, 0.15) is 28.9 Å². The van der Waals surface area contributed by atoms with E-state index in [0.717, 1.165) is 10.9 Å². The number of fused-ring (bicyclic) bond motifs is 1. The van der Waals surface area contributed by atoms with Crippen LogP contribution in [0.3, 0.4) is 0 Å². The van der Waals surface area contributed by atoms with Gasteiger partial charge in [-0.1, -0.05) is 42.5 Å². The average Bonchev–Trinajstić information content (AvgIpc) is 2.91. The molecule has 3 rings (SSSR count). The minimum Gasteiger partial charge on any atom is -0.383 e. The number of hydrogen-bond acceptors (Lipinski definition) is 3. The molecule has 0 fully saturated rings. The number of nitrogen functional groups attached to an aromatic ring is 1. The monoisotopic (exact) mass is 308 g/mol. The van der Waals surface area contributed by atoms with E-state index in [1.54, 1.807) is 19.0 Å². The third kappa shape index (κ3) is 2.54.